The molecule has 2 aromatic rings. The molecule has 0 aliphatic heterocycles. The van der Waals surface area contributed by atoms with Gasteiger partial charge in [-0.1, -0.05) is 43.3 Å². The minimum Gasteiger partial charge on any atom is -0.478 e. The lowest BCUT2D eigenvalue weighted by molar-refractivity contribution is 0.0696. The van der Waals surface area contributed by atoms with Crippen LogP contribution < -0.4 is 5.32 Å². The third kappa shape index (κ3) is 5.51. The molecule has 0 aromatic heterocycles. The molecule has 0 heterocycles. The highest BCUT2D eigenvalue weighted by Crippen LogP contribution is 2.09. The van der Waals surface area contributed by atoms with E-state index in [0.717, 1.165) is 25.2 Å². The predicted octanol–water partition coefficient (Wildman–Crippen LogP) is 3.13. The number of hydrogen-bond acceptors (Lipinski definition) is 3. The van der Waals surface area contributed by atoms with Crippen LogP contribution in [0.1, 0.15) is 34.0 Å². The second kappa shape index (κ2) is 8.46. The van der Waals surface area contributed by atoms with E-state index in [9.17, 15) is 4.79 Å². The van der Waals surface area contributed by atoms with Crippen LogP contribution in [0, 0.1) is 0 Å². The first-order valence-corrected chi connectivity index (χ1v) is 7.88. The van der Waals surface area contributed by atoms with E-state index in [-0.39, 0.29) is 0 Å². The van der Waals surface area contributed by atoms with Gasteiger partial charge in [-0.25, -0.2) is 4.79 Å². The lowest BCUT2D eigenvalue weighted by Gasteiger charge is -2.14. The van der Waals surface area contributed by atoms with E-state index in [2.05, 4.69) is 48.5 Å². The van der Waals surface area contributed by atoms with Gasteiger partial charge in [0.2, 0.25) is 0 Å². The molecule has 0 atom stereocenters. The maximum atomic E-state index is 11.0. The number of rotatable bonds is 8. The molecule has 0 saturated carbocycles. The Kier molecular flexibility index (Phi) is 6.32. The highest BCUT2D eigenvalue weighted by molar-refractivity contribution is 5.87. The first-order chi connectivity index (χ1) is 11.1. The fourth-order valence-electron chi connectivity index (χ4n) is 2.43. The van der Waals surface area contributed by atoms with Crippen LogP contribution in [-0.2, 0) is 19.6 Å². The second-order valence-corrected chi connectivity index (χ2v) is 5.76. The quantitative estimate of drug-likeness (QED) is 0.786. The Bertz CT molecular complexity index is 655. The van der Waals surface area contributed by atoms with Gasteiger partial charge in [0.25, 0.3) is 0 Å². The standard InChI is InChI=1S/C19H24N2O2/c1-3-21(2)14-17-8-4-6-15(10-17)12-20-13-16-7-5-9-18(11-16)19(22)23/h4-11,20H,3,12-14H2,1-2H3,(H,22,23). The Morgan fingerprint density at radius 3 is 2.30 bits per heavy atom. The lowest BCUT2D eigenvalue weighted by Crippen LogP contribution is -2.17. The summed E-state index contributed by atoms with van der Waals surface area (Å²) in [5.41, 5.74) is 3.85. The molecule has 122 valence electrons. The van der Waals surface area contributed by atoms with Gasteiger partial charge in [0, 0.05) is 19.6 Å². The van der Waals surface area contributed by atoms with Crippen LogP contribution in [0.3, 0.4) is 0 Å². The van der Waals surface area contributed by atoms with Crippen LogP contribution in [0.5, 0.6) is 0 Å². The Morgan fingerprint density at radius 2 is 1.65 bits per heavy atom. The normalized spacial score (nSPS) is 10.9. The van der Waals surface area contributed by atoms with Gasteiger partial charge in [-0.05, 0) is 42.4 Å². The SMILES string of the molecule is CCN(C)Cc1cccc(CNCc2cccc(C(=O)O)c2)c1. The summed E-state index contributed by atoms with van der Waals surface area (Å²) in [5.74, 6) is -0.889. The predicted molar refractivity (Wildman–Crippen MR) is 92.4 cm³/mol. The van der Waals surface area contributed by atoms with E-state index in [1.54, 1.807) is 18.2 Å². The van der Waals surface area contributed by atoms with E-state index >= 15 is 0 Å². The van der Waals surface area contributed by atoms with Crippen molar-refractivity contribution in [2.24, 2.45) is 0 Å². The molecule has 0 saturated heterocycles. The zero-order valence-electron chi connectivity index (χ0n) is 13.7. The molecular weight excluding hydrogens is 288 g/mol. The molecule has 0 aliphatic carbocycles. The first-order valence-electron chi connectivity index (χ1n) is 7.88. The first kappa shape index (κ1) is 17.2. The van der Waals surface area contributed by atoms with Gasteiger partial charge in [0.1, 0.15) is 0 Å². The van der Waals surface area contributed by atoms with Gasteiger partial charge in [-0.2, -0.15) is 0 Å². The van der Waals surface area contributed by atoms with Crippen molar-refractivity contribution >= 4 is 5.97 Å². The third-order valence-electron chi connectivity index (χ3n) is 3.82. The molecule has 2 aromatic carbocycles. The summed E-state index contributed by atoms with van der Waals surface area (Å²) in [4.78, 5) is 13.2. The van der Waals surface area contributed by atoms with Crippen LogP contribution in [-0.4, -0.2) is 29.6 Å². The van der Waals surface area contributed by atoms with Crippen LogP contribution in [0.25, 0.3) is 0 Å². The van der Waals surface area contributed by atoms with Crippen molar-refractivity contribution < 1.29 is 9.90 Å². The minimum atomic E-state index is -0.889. The highest BCUT2D eigenvalue weighted by atomic mass is 16.4. The number of carboxylic acids is 1. The molecular formula is C19H24N2O2. The fourth-order valence-corrected chi connectivity index (χ4v) is 2.43. The lowest BCUT2D eigenvalue weighted by atomic mass is 10.1. The van der Waals surface area contributed by atoms with Crippen molar-refractivity contribution in [2.75, 3.05) is 13.6 Å². The fraction of sp³-hybridized carbons (Fsp3) is 0.316. The zero-order valence-corrected chi connectivity index (χ0v) is 13.7. The van der Waals surface area contributed by atoms with Gasteiger partial charge in [-0.3, -0.25) is 0 Å². The number of nitrogens with zero attached hydrogens (tertiary/aromatic N) is 1. The summed E-state index contributed by atoms with van der Waals surface area (Å²) in [5, 5.41) is 12.4. The van der Waals surface area contributed by atoms with Gasteiger partial charge in [0.05, 0.1) is 5.56 Å². The molecule has 0 spiro atoms. The Morgan fingerprint density at radius 1 is 1.04 bits per heavy atom. The highest BCUT2D eigenvalue weighted by Gasteiger charge is 2.03. The maximum Gasteiger partial charge on any atom is 0.335 e. The molecule has 0 unspecified atom stereocenters. The molecule has 0 amide bonds. The number of hydrogen-bond donors (Lipinski definition) is 2. The molecule has 0 radical (unpaired) electrons. The maximum absolute atomic E-state index is 11.0. The average Bonchev–Trinajstić information content (AvgIpc) is 2.55. The molecule has 4 heteroatoms. The largest absolute Gasteiger partial charge is 0.478 e. The molecule has 0 aliphatic rings. The van der Waals surface area contributed by atoms with Gasteiger partial charge in [-0.15, -0.1) is 0 Å². The average molecular weight is 312 g/mol. The van der Waals surface area contributed by atoms with E-state index in [0.29, 0.717) is 12.1 Å². The van der Waals surface area contributed by atoms with Crippen LogP contribution in [0.2, 0.25) is 0 Å². The molecule has 0 bridgehead atoms. The molecule has 4 nitrogen and oxygen atoms in total. The van der Waals surface area contributed by atoms with Crippen molar-refractivity contribution in [2.45, 2.75) is 26.6 Å². The van der Waals surface area contributed by atoms with Crippen molar-refractivity contribution in [3.63, 3.8) is 0 Å². The zero-order chi connectivity index (χ0) is 16.7. The van der Waals surface area contributed by atoms with Crippen LogP contribution in [0.15, 0.2) is 48.5 Å². The smallest absolute Gasteiger partial charge is 0.335 e. The Hall–Kier alpha value is -2.17. The molecule has 23 heavy (non-hydrogen) atoms. The van der Waals surface area contributed by atoms with E-state index in [4.69, 9.17) is 5.11 Å². The number of benzene rings is 2. The van der Waals surface area contributed by atoms with Crippen molar-refractivity contribution in [1.29, 1.82) is 0 Å². The van der Waals surface area contributed by atoms with E-state index in [1.807, 2.05) is 6.07 Å². The summed E-state index contributed by atoms with van der Waals surface area (Å²) < 4.78 is 0. The monoisotopic (exact) mass is 312 g/mol. The van der Waals surface area contributed by atoms with Gasteiger partial charge < -0.3 is 15.3 Å². The Balaban J connectivity index is 1.90. The summed E-state index contributed by atoms with van der Waals surface area (Å²) >= 11 is 0. The van der Waals surface area contributed by atoms with E-state index in [1.165, 1.54) is 11.1 Å². The van der Waals surface area contributed by atoms with Crippen LogP contribution in [0.4, 0.5) is 0 Å². The van der Waals surface area contributed by atoms with Gasteiger partial charge in [0.15, 0.2) is 0 Å². The third-order valence-corrected chi connectivity index (χ3v) is 3.82. The number of carboxylic acid groups (broad SMARTS) is 1. The summed E-state index contributed by atoms with van der Waals surface area (Å²) in [6.07, 6.45) is 0. The number of carbonyl (C=O) groups is 1. The number of aromatic carboxylic acids is 1. The topological polar surface area (TPSA) is 52.6 Å². The Labute approximate surface area is 137 Å². The van der Waals surface area contributed by atoms with Crippen molar-refractivity contribution in [3.8, 4) is 0 Å². The molecule has 2 rings (SSSR count). The molecule has 0 fully saturated rings. The van der Waals surface area contributed by atoms with Crippen molar-refractivity contribution in [3.05, 3.63) is 70.8 Å². The summed E-state index contributed by atoms with van der Waals surface area (Å²) in [6.45, 7) is 5.55. The second-order valence-electron chi connectivity index (χ2n) is 5.76. The minimum absolute atomic E-state index is 0.328. The van der Waals surface area contributed by atoms with Gasteiger partial charge >= 0.3 is 5.97 Å². The summed E-state index contributed by atoms with van der Waals surface area (Å²) in [7, 11) is 2.11. The number of nitrogens with one attached hydrogen (secondary N) is 1. The van der Waals surface area contributed by atoms with E-state index < -0.39 is 5.97 Å². The summed E-state index contributed by atoms with van der Waals surface area (Å²) in [6, 6.07) is 15.6. The van der Waals surface area contributed by atoms with Crippen LogP contribution >= 0.6 is 0 Å². The molecule has 2 N–H and O–H groups in total. The van der Waals surface area contributed by atoms with Crippen molar-refractivity contribution in [1.82, 2.24) is 10.2 Å².